The number of halogens is 3. The summed E-state index contributed by atoms with van der Waals surface area (Å²) in [5.74, 6) is 0.440. The first-order valence-electron chi connectivity index (χ1n) is 5.18. The Morgan fingerprint density at radius 2 is 2.00 bits per heavy atom. The molecule has 0 spiro atoms. The van der Waals surface area contributed by atoms with E-state index in [-0.39, 0.29) is 5.16 Å². The molecule has 0 aliphatic carbocycles. The van der Waals surface area contributed by atoms with Crippen LogP contribution in [0, 0.1) is 0 Å². The zero-order valence-corrected chi connectivity index (χ0v) is 14.4. The Morgan fingerprint density at radius 3 is 2.58 bits per heavy atom. The normalized spacial score (nSPS) is 11.8. The van der Waals surface area contributed by atoms with Crippen LogP contribution in [0.4, 0.5) is 0 Å². The molecule has 9 heteroatoms. The van der Waals surface area contributed by atoms with Crippen molar-refractivity contribution in [2.45, 2.75) is 18.6 Å². The smallest absolute Gasteiger partial charge is 0.296 e. The molecule has 0 bridgehead atoms. The van der Waals surface area contributed by atoms with Crippen molar-refractivity contribution in [3.8, 4) is 11.4 Å². The zero-order valence-electron chi connectivity index (χ0n) is 9.64. The van der Waals surface area contributed by atoms with Gasteiger partial charge in [-0.15, -0.1) is 10.2 Å². The number of hydrogen-bond donors (Lipinski definition) is 0. The summed E-state index contributed by atoms with van der Waals surface area (Å²) in [6.45, 7) is 2.19. The van der Waals surface area contributed by atoms with Gasteiger partial charge in [0.15, 0.2) is 5.82 Å². The highest BCUT2D eigenvalue weighted by molar-refractivity contribution is 9.11. The second-order valence-corrected chi connectivity index (χ2v) is 7.84. The van der Waals surface area contributed by atoms with Crippen LogP contribution in [0.3, 0.4) is 0 Å². The molecule has 0 saturated heterocycles. The highest BCUT2D eigenvalue weighted by Crippen LogP contribution is 2.31. The molecule has 0 amide bonds. The van der Waals surface area contributed by atoms with Crippen molar-refractivity contribution in [2.75, 3.05) is 0 Å². The van der Waals surface area contributed by atoms with Crippen molar-refractivity contribution in [3.05, 3.63) is 27.1 Å². The molecule has 19 heavy (non-hydrogen) atoms. The summed E-state index contributed by atoms with van der Waals surface area (Å²) in [4.78, 5) is 0. The lowest BCUT2D eigenvalue weighted by Crippen LogP contribution is -2.06. The Balaban J connectivity index is 2.70. The standard InChI is InChI=1S/C10H8Br2ClN3O2S/c1-2-16-9(14-15-10(16)19(13,17)18)7-5-6(11)3-4-8(7)12/h3-5H,2H2,1H3. The van der Waals surface area contributed by atoms with E-state index in [1.54, 1.807) is 6.92 Å². The van der Waals surface area contributed by atoms with Crippen LogP contribution in [0.25, 0.3) is 11.4 Å². The Hall–Kier alpha value is -0.440. The van der Waals surface area contributed by atoms with Crippen molar-refractivity contribution in [1.29, 1.82) is 0 Å². The first-order valence-corrected chi connectivity index (χ1v) is 9.07. The number of nitrogens with zero attached hydrogens (tertiary/aromatic N) is 3. The molecule has 0 aliphatic heterocycles. The molecule has 2 rings (SSSR count). The molecule has 1 aromatic carbocycles. The predicted octanol–water partition coefficient (Wildman–Crippen LogP) is 3.42. The number of benzene rings is 1. The van der Waals surface area contributed by atoms with Crippen molar-refractivity contribution in [1.82, 2.24) is 14.8 Å². The fraction of sp³-hybridized carbons (Fsp3) is 0.200. The molecule has 102 valence electrons. The van der Waals surface area contributed by atoms with Crippen LogP contribution in [0.5, 0.6) is 0 Å². The van der Waals surface area contributed by atoms with Crippen LogP contribution in [0.1, 0.15) is 6.92 Å². The Bertz CT molecular complexity index is 730. The first kappa shape index (κ1) is 15.0. The molecule has 2 aromatic rings. The lowest BCUT2D eigenvalue weighted by Gasteiger charge is -2.07. The van der Waals surface area contributed by atoms with Gasteiger partial charge in [0.2, 0.25) is 0 Å². The molecule has 0 fully saturated rings. The molecule has 0 N–H and O–H groups in total. The second kappa shape index (κ2) is 5.51. The molecule has 0 atom stereocenters. The molecule has 0 unspecified atom stereocenters. The third-order valence-electron chi connectivity index (χ3n) is 2.42. The van der Waals surface area contributed by atoms with Gasteiger partial charge in [0.1, 0.15) is 0 Å². The maximum Gasteiger partial charge on any atom is 0.296 e. The summed E-state index contributed by atoms with van der Waals surface area (Å²) in [5.41, 5.74) is 0.732. The highest BCUT2D eigenvalue weighted by Gasteiger charge is 2.23. The SMILES string of the molecule is CCn1c(-c2cc(Br)ccc2Br)nnc1S(=O)(=O)Cl. The average molecular weight is 430 g/mol. The first-order chi connectivity index (χ1) is 8.84. The summed E-state index contributed by atoms with van der Waals surface area (Å²) >= 11 is 6.77. The lowest BCUT2D eigenvalue weighted by molar-refractivity contribution is 0.582. The summed E-state index contributed by atoms with van der Waals surface area (Å²) in [6.07, 6.45) is 0. The Labute approximate surface area is 131 Å². The molecular weight excluding hydrogens is 421 g/mol. The van der Waals surface area contributed by atoms with Gasteiger partial charge in [-0.3, -0.25) is 4.57 Å². The van der Waals surface area contributed by atoms with E-state index in [2.05, 4.69) is 42.1 Å². The van der Waals surface area contributed by atoms with E-state index in [4.69, 9.17) is 10.7 Å². The number of hydrogen-bond acceptors (Lipinski definition) is 4. The van der Waals surface area contributed by atoms with Crippen LogP contribution >= 0.6 is 42.5 Å². The molecule has 5 nitrogen and oxygen atoms in total. The maximum absolute atomic E-state index is 11.4. The van der Waals surface area contributed by atoms with Gasteiger partial charge in [-0.1, -0.05) is 31.9 Å². The lowest BCUT2D eigenvalue weighted by atomic mass is 10.2. The average Bonchev–Trinajstić information content (AvgIpc) is 2.75. The minimum atomic E-state index is -3.92. The van der Waals surface area contributed by atoms with Gasteiger partial charge in [0.25, 0.3) is 14.2 Å². The van der Waals surface area contributed by atoms with Crippen molar-refractivity contribution >= 4 is 51.6 Å². The summed E-state index contributed by atoms with van der Waals surface area (Å²) in [7, 11) is 1.42. The maximum atomic E-state index is 11.4. The largest absolute Gasteiger partial charge is 0.297 e. The van der Waals surface area contributed by atoms with E-state index in [0.717, 1.165) is 14.5 Å². The predicted molar refractivity (Wildman–Crippen MR) is 79.6 cm³/mol. The molecule has 0 radical (unpaired) electrons. The third-order valence-corrected chi connectivity index (χ3v) is 4.76. The minimum Gasteiger partial charge on any atom is -0.297 e. The van der Waals surface area contributed by atoms with Crippen LogP contribution in [0.2, 0.25) is 0 Å². The van der Waals surface area contributed by atoms with Crippen molar-refractivity contribution in [3.63, 3.8) is 0 Å². The van der Waals surface area contributed by atoms with Crippen LogP contribution in [-0.2, 0) is 15.6 Å². The van der Waals surface area contributed by atoms with Gasteiger partial charge in [0, 0.05) is 31.7 Å². The topological polar surface area (TPSA) is 64.8 Å². The van der Waals surface area contributed by atoms with E-state index in [9.17, 15) is 8.42 Å². The van der Waals surface area contributed by atoms with Gasteiger partial charge >= 0.3 is 0 Å². The van der Waals surface area contributed by atoms with Gasteiger partial charge in [-0.25, -0.2) is 8.42 Å². The van der Waals surface area contributed by atoms with Gasteiger partial charge in [-0.05, 0) is 25.1 Å². The van der Waals surface area contributed by atoms with E-state index in [1.165, 1.54) is 4.57 Å². The van der Waals surface area contributed by atoms with Crippen LogP contribution in [-0.4, -0.2) is 23.2 Å². The summed E-state index contributed by atoms with van der Waals surface area (Å²) in [6, 6.07) is 5.52. The van der Waals surface area contributed by atoms with Gasteiger partial charge in [-0.2, -0.15) is 0 Å². The van der Waals surface area contributed by atoms with E-state index in [1.807, 2.05) is 18.2 Å². The van der Waals surface area contributed by atoms with Gasteiger partial charge in [0.05, 0.1) is 0 Å². The number of rotatable bonds is 3. The van der Waals surface area contributed by atoms with E-state index < -0.39 is 9.05 Å². The summed E-state index contributed by atoms with van der Waals surface area (Å²) < 4.78 is 26.0. The zero-order chi connectivity index (χ0) is 14.2. The quantitative estimate of drug-likeness (QED) is 0.702. The van der Waals surface area contributed by atoms with E-state index >= 15 is 0 Å². The van der Waals surface area contributed by atoms with Crippen molar-refractivity contribution < 1.29 is 8.42 Å². The van der Waals surface area contributed by atoms with Gasteiger partial charge < -0.3 is 0 Å². The summed E-state index contributed by atoms with van der Waals surface area (Å²) in [5, 5.41) is 7.34. The molecular formula is C10H8Br2ClN3O2S. The number of aromatic nitrogens is 3. The minimum absolute atomic E-state index is 0.251. The van der Waals surface area contributed by atoms with E-state index in [0.29, 0.717) is 12.4 Å². The second-order valence-electron chi connectivity index (χ2n) is 3.61. The molecule has 0 aliphatic rings. The molecule has 1 aromatic heterocycles. The Kier molecular flexibility index (Phi) is 4.34. The fourth-order valence-corrected chi connectivity index (χ4v) is 3.37. The van der Waals surface area contributed by atoms with Crippen LogP contribution < -0.4 is 0 Å². The van der Waals surface area contributed by atoms with Crippen LogP contribution in [0.15, 0.2) is 32.3 Å². The van der Waals surface area contributed by atoms with Crippen molar-refractivity contribution in [2.24, 2.45) is 0 Å². The monoisotopic (exact) mass is 427 g/mol. The third kappa shape index (κ3) is 3.01. The fourth-order valence-electron chi connectivity index (χ4n) is 1.62. The molecule has 0 saturated carbocycles. The highest BCUT2D eigenvalue weighted by atomic mass is 79.9. The Morgan fingerprint density at radius 1 is 1.32 bits per heavy atom. The molecule has 1 heterocycles.